The van der Waals surface area contributed by atoms with Crippen molar-refractivity contribution >= 4 is 9.90 Å². The molecule has 0 saturated heterocycles. The average Bonchev–Trinajstić information content (AvgIpc) is 1.86. The second-order valence-electron chi connectivity index (χ2n) is 1.23. The van der Waals surface area contributed by atoms with Crippen LogP contribution in [0.4, 0.5) is 0 Å². The molecule has 0 aromatic heterocycles. The molecule has 0 saturated carbocycles. The minimum atomic E-state index is 0. The molecule has 1 aliphatic rings. The second kappa shape index (κ2) is 3.45. The maximum absolute atomic E-state index is 2.97. The molecule has 0 unspecified atom stereocenters. The Kier molecular flexibility index (Phi) is 3.66. The van der Waals surface area contributed by atoms with E-state index >= 15 is 0 Å². The van der Waals surface area contributed by atoms with E-state index in [9.17, 15) is 0 Å². The molecule has 2 heteroatoms. The normalized spacial score (nSPS) is 17.1. The molecule has 1 rings (SSSR count). The average molecular weight is 148 g/mol. The van der Waals surface area contributed by atoms with Gasteiger partial charge < -0.3 is 0 Å². The van der Waals surface area contributed by atoms with E-state index in [0.717, 1.165) is 0 Å². The van der Waals surface area contributed by atoms with Crippen LogP contribution in [0.15, 0.2) is 24.3 Å². The molecular formula is C5H5CrP. The van der Waals surface area contributed by atoms with E-state index in [0.29, 0.717) is 4.78 Å². The monoisotopic (exact) mass is 148 g/mol. The number of hydrogen-bond acceptors (Lipinski definition) is 0. The van der Waals surface area contributed by atoms with Gasteiger partial charge in [0.05, 0.1) is 0 Å². The third-order valence-electron chi connectivity index (χ3n) is 0.713. The molecule has 0 aliphatic heterocycles. The molecule has 0 spiro atoms. The first kappa shape index (κ1) is 7.44. The Morgan fingerprint density at radius 3 is 1.71 bits per heavy atom. The van der Waals surface area contributed by atoms with Crippen molar-refractivity contribution in [2.45, 2.75) is 4.78 Å². The van der Waals surface area contributed by atoms with E-state index < -0.39 is 0 Å². The van der Waals surface area contributed by atoms with Crippen LogP contribution >= 0.6 is 9.90 Å². The van der Waals surface area contributed by atoms with Crippen LogP contribution in [0.3, 0.4) is 0 Å². The predicted octanol–water partition coefficient (Wildman–Crippen LogP) is 2.31. The SMILES string of the molecule is [Cr][CH]1C=CC=C1.[P]. The van der Waals surface area contributed by atoms with Crippen molar-refractivity contribution < 1.29 is 16.3 Å². The zero-order valence-corrected chi connectivity index (χ0v) is 5.91. The summed E-state index contributed by atoms with van der Waals surface area (Å²) in [5, 5.41) is 0. The molecule has 0 atom stereocenters. The van der Waals surface area contributed by atoms with Crippen LogP contribution < -0.4 is 0 Å². The molecule has 0 bridgehead atoms. The minimum absolute atomic E-state index is 0. The Morgan fingerprint density at radius 1 is 1.14 bits per heavy atom. The van der Waals surface area contributed by atoms with Crippen molar-refractivity contribution in [3.8, 4) is 0 Å². The Labute approximate surface area is 55.7 Å². The Bertz CT molecular complexity index is 84.3. The van der Waals surface area contributed by atoms with Gasteiger partial charge in [-0.05, 0) is 0 Å². The molecular weight excluding hydrogens is 143 g/mol. The van der Waals surface area contributed by atoms with Gasteiger partial charge >= 0.3 is 45.4 Å². The van der Waals surface area contributed by atoms with Crippen LogP contribution in [0.2, 0.25) is 4.78 Å². The van der Waals surface area contributed by atoms with E-state index in [4.69, 9.17) is 0 Å². The maximum Gasteiger partial charge on any atom is 0 e. The van der Waals surface area contributed by atoms with E-state index in [1.54, 1.807) is 0 Å². The van der Waals surface area contributed by atoms with E-state index in [1.807, 2.05) is 12.2 Å². The van der Waals surface area contributed by atoms with Gasteiger partial charge in [0.2, 0.25) is 0 Å². The molecule has 0 aromatic carbocycles. The molecule has 0 nitrogen and oxygen atoms in total. The van der Waals surface area contributed by atoms with Crippen molar-refractivity contribution in [3.63, 3.8) is 0 Å². The molecule has 3 radical (unpaired) electrons. The van der Waals surface area contributed by atoms with Crippen LogP contribution in [-0.4, -0.2) is 0 Å². The van der Waals surface area contributed by atoms with Gasteiger partial charge in [0, 0.05) is 9.90 Å². The molecule has 7 heavy (non-hydrogen) atoms. The largest absolute Gasteiger partial charge is 0 e. The third-order valence-corrected chi connectivity index (χ3v) is 1.20. The number of allylic oxidation sites excluding steroid dienone is 4. The summed E-state index contributed by atoms with van der Waals surface area (Å²) in [7, 11) is 0. The van der Waals surface area contributed by atoms with Gasteiger partial charge in [-0.15, -0.1) is 0 Å². The van der Waals surface area contributed by atoms with Gasteiger partial charge in [-0.3, -0.25) is 0 Å². The van der Waals surface area contributed by atoms with E-state index in [-0.39, 0.29) is 9.90 Å². The van der Waals surface area contributed by atoms with Gasteiger partial charge in [0.15, 0.2) is 0 Å². The predicted molar refractivity (Wildman–Crippen MR) is 28.9 cm³/mol. The van der Waals surface area contributed by atoms with Crippen LogP contribution in [0.5, 0.6) is 0 Å². The molecule has 36 valence electrons. The number of hydrogen-bond donors (Lipinski definition) is 0. The van der Waals surface area contributed by atoms with Crippen LogP contribution in [0, 0.1) is 0 Å². The summed E-state index contributed by atoms with van der Waals surface area (Å²) in [6.07, 6.45) is 8.31. The van der Waals surface area contributed by atoms with Gasteiger partial charge in [-0.25, -0.2) is 0 Å². The van der Waals surface area contributed by atoms with Gasteiger partial charge in [0.1, 0.15) is 0 Å². The Morgan fingerprint density at radius 2 is 1.57 bits per heavy atom. The smallest absolute Gasteiger partial charge is 0 e. The zero-order chi connectivity index (χ0) is 4.41. The van der Waals surface area contributed by atoms with Crippen molar-refractivity contribution in [1.82, 2.24) is 0 Å². The first-order chi connectivity index (χ1) is 2.89. The van der Waals surface area contributed by atoms with Crippen LogP contribution in [0.1, 0.15) is 0 Å². The molecule has 0 heterocycles. The summed E-state index contributed by atoms with van der Waals surface area (Å²) in [5.74, 6) is 0. The molecule has 0 aromatic rings. The van der Waals surface area contributed by atoms with Crippen molar-refractivity contribution in [3.05, 3.63) is 24.3 Å². The molecule has 0 fully saturated rings. The van der Waals surface area contributed by atoms with Gasteiger partial charge in [0.25, 0.3) is 0 Å². The van der Waals surface area contributed by atoms with Gasteiger partial charge in [-0.1, -0.05) is 0 Å². The molecule has 0 amide bonds. The fraction of sp³-hybridized carbons (Fsp3) is 0.200. The molecule has 0 N–H and O–H groups in total. The standard InChI is InChI=1S/C5H5.Cr.P/c1-2-4-5-3-1;;/h1-5H;;. The van der Waals surface area contributed by atoms with E-state index in [1.165, 1.54) is 0 Å². The quantitative estimate of drug-likeness (QED) is 0.462. The first-order valence-corrected chi connectivity index (χ1v) is 2.64. The topological polar surface area (TPSA) is 0 Å². The van der Waals surface area contributed by atoms with Crippen LogP contribution in [-0.2, 0) is 16.3 Å². The van der Waals surface area contributed by atoms with Gasteiger partial charge in [-0.2, -0.15) is 0 Å². The zero-order valence-electron chi connectivity index (χ0n) is 3.74. The minimum Gasteiger partial charge on any atom is 0 e. The summed E-state index contributed by atoms with van der Waals surface area (Å²) < 4.78 is 0.560. The summed E-state index contributed by atoms with van der Waals surface area (Å²) in [6.45, 7) is 0. The van der Waals surface area contributed by atoms with Crippen LogP contribution in [0.25, 0.3) is 0 Å². The number of rotatable bonds is 0. The Balaban J connectivity index is 0.000000360. The summed E-state index contributed by atoms with van der Waals surface area (Å²) in [4.78, 5) is 0. The van der Waals surface area contributed by atoms with E-state index in [2.05, 4.69) is 28.4 Å². The maximum atomic E-state index is 2.97. The molecule has 1 aliphatic carbocycles. The summed E-state index contributed by atoms with van der Waals surface area (Å²) in [5.41, 5.74) is 0. The summed E-state index contributed by atoms with van der Waals surface area (Å²) >= 11 is 2.97. The van der Waals surface area contributed by atoms with Crippen molar-refractivity contribution in [2.24, 2.45) is 0 Å². The van der Waals surface area contributed by atoms with Crippen molar-refractivity contribution in [1.29, 1.82) is 0 Å². The second-order valence-corrected chi connectivity index (χ2v) is 2.08. The third kappa shape index (κ3) is 2.30. The fourth-order valence-electron chi connectivity index (χ4n) is 0.411. The fourth-order valence-corrected chi connectivity index (χ4v) is 0.695. The van der Waals surface area contributed by atoms with Crippen molar-refractivity contribution in [2.75, 3.05) is 0 Å². The Hall–Kier alpha value is 0.442. The first-order valence-electron chi connectivity index (χ1n) is 1.90. The summed E-state index contributed by atoms with van der Waals surface area (Å²) in [6, 6.07) is 0.